The van der Waals surface area contributed by atoms with Crippen LogP contribution in [-0.2, 0) is 4.79 Å². The topological polar surface area (TPSA) is 84.2 Å². The first-order valence-corrected chi connectivity index (χ1v) is 6.34. The minimum atomic E-state index is -0.651. The Morgan fingerprint density at radius 3 is 2.24 bits per heavy atom. The van der Waals surface area contributed by atoms with Gasteiger partial charge in [0.25, 0.3) is 0 Å². The van der Waals surface area contributed by atoms with E-state index < -0.39 is 6.03 Å². The zero-order chi connectivity index (χ0) is 15.1. The van der Waals surface area contributed by atoms with Crippen LogP contribution in [0.5, 0.6) is 0 Å². The van der Waals surface area contributed by atoms with Gasteiger partial charge >= 0.3 is 6.03 Å². The summed E-state index contributed by atoms with van der Waals surface area (Å²) in [5.74, 6) is -0.255. The molecule has 0 radical (unpaired) electrons. The predicted octanol–water partition coefficient (Wildman–Crippen LogP) is 2.83. The average molecular weight is 281 g/mol. The molecule has 0 aliphatic rings. The Kier molecular flexibility index (Phi) is 4.71. The van der Waals surface area contributed by atoms with Crippen LogP contribution in [0.15, 0.2) is 60.7 Å². The number of amides is 3. The van der Waals surface area contributed by atoms with Crippen molar-refractivity contribution >= 4 is 29.4 Å². The van der Waals surface area contributed by atoms with E-state index in [4.69, 9.17) is 5.73 Å². The summed E-state index contributed by atoms with van der Waals surface area (Å²) in [7, 11) is 0. The lowest BCUT2D eigenvalue weighted by molar-refractivity contribution is -0.111. The highest BCUT2D eigenvalue weighted by Crippen LogP contribution is 2.15. The molecule has 2 aromatic rings. The van der Waals surface area contributed by atoms with Gasteiger partial charge in [0.15, 0.2) is 0 Å². The van der Waals surface area contributed by atoms with Crippen molar-refractivity contribution in [2.45, 2.75) is 0 Å². The van der Waals surface area contributed by atoms with Crippen molar-refractivity contribution in [3.05, 3.63) is 66.2 Å². The Morgan fingerprint density at radius 1 is 0.905 bits per heavy atom. The van der Waals surface area contributed by atoms with Crippen LogP contribution >= 0.6 is 0 Å². The number of carbonyl (C=O) groups is 2. The maximum Gasteiger partial charge on any atom is 0.316 e. The lowest BCUT2D eigenvalue weighted by atomic mass is 10.2. The number of benzene rings is 2. The average Bonchev–Trinajstić information content (AvgIpc) is 2.46. The van der Waals surface area contributed by atoms with Gasteiger partial charge in [-0.15, -0.1) is 0 Å². The van der Waals surface area contributed by atoms with Crippen molar-refractivity contribution in [1.82, 2.24) is 0 Å². The second kappa shape index (κ2) is 6.91. The third kappa shape index (κ3) is 4.83. The van der Waals surface area contributed by atoms with E-state index in [-0.39, 0.29) is 5.91 Å². The van der Waals surface area contributed by atoms with E-state index in [9.17, 15) is 9.59 Å². The van der Waals surface area contributed by atoms with Crippen molar-refractivity contribution in [1.29, 1.82) is 0 Å². The molecule has 0 aliphatic heterocycles. The largest absolute Gasteiger partial charge is 0.351 e. The van der Waals surface area contributed by atoms with Crippen LogP contribution < -0.4 is 16.4 Å². The molecule has 0 fully saturated rings. The van der Waals surface area contributed by atoms with E-state index in [1.165, 1.54) is 6.08 Å². The number of nitrogens with two attached hydrogens (primary N) is 1. The molecule has 21 heavy (non-hydrogen) atoms. The second-order valence-corrected chi connectivity index (χ2v) is 4.30. The molecule has 3 amide bonds. The first-order chi connectivity index (χ1) is 10.1. The summed E-state index contributed by atoms with van der Waals surface area (Å²) < 4.78 is 0. The predicted molar refractivity (Wildman–Crippen MR) is 83.8 cm³/mol. The van der Waals surface area contributed by atoms with Crippen LogP contribution in [0.3, 0.4) is 0 Å². The fourth-order valence-corrected chi connectivity index (χ4v) is 1.74. The van der Waals surface area contributed by atoms with E-state index in [0.29, 0.717) is 11.4 Å². The van der Waals surface area contributed by atoms with Crippen molar-refractivity contribution < 1.29 is 9.59 Å². The minimum absolute atomic E-state index is 0.255. The molecule has 4 N–H and O–H groups in total. The number of nitrogens with one attached hydrogen (secondary N) is 2. The van der Waals surface area contributed by atoms with Gasteiger partial charge < -0.3 is 16.4 Å². The zero-order valence-electron chi connectivity index (χ0n) is 11.2. The second-order valence-electron chi connectivity index (χ2n) is 4.30. The molecule has 0 heterocycles. The molecular weight excluding hydrogens is 266 g/mol. The maximum absolute atomic E-state index is 11.8. The molecular formula is C16H15N3O2. The summed E-state index contributed by atoms with van der Waals surface area (Å²) in [5.41, 5.74) is 7.07. The molecule has 5 heteroatoms. The molecule has 0 saturated carbocycles. The van der Waals surface area contributed by atoms with Crippen molar-refractivity contribution in [2.24, 2.45) is 5.73 Å². The van der Waals surface area contributed by atoms with Gasteiger partial charge in [0.2, 0.25) is 5.91 Å². The fraction of sp³-hybridized carbons (Fsp3) is 0. The molecule has 2 aromatic carbocycles. The molecule has 0 bridgehead atoms. The Balaban J connectivity index is 1.99. The van der Waals surface area contributed by atoms with Gasteiger partial charge in [-0.25, -0.2) is 4.79 Å². The number of rotatable bonds is 4. The van der Waals surface area contributed by atoms with Gasteiger partial charge in [0.1, 0.15) is 0 Å². The van der Waals surface area contributed by atoms with E-state index in [0.717, 1.165) is 5.56 Å². The van der Waals surface area contributed by atoms with Gasteiger partial charge in [-0.1, -0.05) is 36.4 Å². The Hall–Kier alpha value is -3.08. The summed E-state index contributed by atoms with van der Waals surface area (Å²) in [5, 5.41) is 5.15. The normalized spacial score (nSPS) is 10.3. The maximum atomic E-state index is 11.8. The number of anilines is 2. The number of carbonyl (C=O) groups excluding carboxylic acids is 2. The van der Waals surface area contributed by atoms with Crippen molar-refractivity contribution in [2.75, 3.05) is 10.6 Å². The van der Waals surface area contributed by atoms with E-state index in [1.54, 1.807) is 30.3 Å². The summed E-state index contributed by atoms with van der Waals surface area (Å²) >= 11 is 0. The number of primary amides is 1. The highest BCUT2D eigenvalue weighted by atomic mass is 16.2. The van der Waals surface area contributed by atoms with E-state index >= 15 is 0 Å². The van der Waals surface area contributed by atoms with Crippen molar-refractivity contribution in [3.63, 3.8) is 0 Å². The van der Waals surface area contributed by atoms with Crippen LogP contribution in [-0.4, -0.2) is 11.9 Å². The van der Waals surface area contributed by atoms with Crippen LogP contribution in [0.25, 0.3) is 6.08 Å². The van der Waals surface area contributed by atoms with Crippen molar-refractivity contribution in [3.8, 4) is 0 Å². The SMILES string of the molecule is NC(=O)Nc1cccc(NC(=O)/C=C/c2ccccc2)c1. The third-order valence-electron chi connectivity index (χ3n) is 2.62. The first kappa shape index (κ1) is 14.3. The molecule has 0 aliphatic carbocycles. The Labute approximate surface area is 122 Å². The lowest BCUT2D eigenvalue weighted by Crippen LogP contribution is -2.19. The molecule has 2 rings (SSSR count). The molecule has 0 aromatic heterocycles. The first-order valence-electron chi connectivity index (χ1n) is 6.34. The van der Waals surface area contributed by atoms with Crippen LogP contribution in [0.4, 0.5) is 16.2 Å². The van der Waals surface area contributed by atoms with E-state index in [2.05, 4.69) is 10.6 Å². The smallest absolute Gasteiger partial charge is 0.316 e. The van der Waals surface area contributed by atoms with Gasteiger partial charge in [0.05, 0.1) is 0 Å². The molecule has 0 saturated heterocycles. The fourth-order valence-electron chi connectivity index (χ4n) is 1.74. The third-order valence-corrected chi connectivity index (χ3v) is 2.62. The molecule has 0 atom stereocenters. The minimum Gasteiger partial charge on any atom is -0.351 e. The standard InChI is InChI=1S/C16H15N3O2/c17-16(21)19-14-8-4-7-13(11-14)18-15(20)10-9-12-5-2-1-3-6-12/h1-11H,(H,18,20)(H3,17,19,21)/b10-9+. The Bertz CT molecular complexity index is 666. The van der Waals surface area contributed by atoms with E-state index in [1.807, 2.05) is 30.3 Å². The summed E-state index contributed by atoms with van der Waals surface area (Å²) in [6.07, 6.45) is 3.17. The zero-order valence-corrected chi connectivity index (χ0v) is 11.2. The van der Waals surface area contributed by atoms with Gasteiger partial charge in [-0.05, 0) is 29.8 Å². The summed E-state index contributed by atoms with van der Waals surface area (Å²) in [4.78, 5) is 22.6. The highest BCUT2D eigenvalue weighted by Gasteiger charge is 2.00. The van der Waals surface area contributed by atoms with Gasteiger partial charge in [-0.2, -0.15) is 0 Å². The Morgan fingerprint density at radius 2 is 1.57 bits per heavy atom. The van der Waals surface area contributed by atoms with Gasteiger partial charge in [-0.3, -0.25) is 4.79 Å². The highest BCUT2D eigenvalue weighted by molar-refractivity contribution is 6.02. The van der Waals surface area contributed by atoms with Crippen LogP contribution in [0.2, 0.25) is 0 Å². The number of urea groups is 1. The lowest BCUT2D eigenvalue weighted by Gasteiger charge is -2.05. The molecule has 106 valence electrons. The summed E-state index contributed by atoms with van der Waals surface area (Å²) in [6.45, 7) is 0. The van der Waals surface area contributed by atoms with Gasteiger partial charge in [0, 0.05) is 17.5 Å². The number of hydrogen-bond donors (Lipinski definition) is 3. The molecule has 5 nitrogen and oxygen atoms in total. The summed E-state index contributed by atoms with van der Waals surface area (Å²) in [6, 6.07) is 15.6. The molecule has 0 spiro atoms. The quantitative estimate of drug-likeness (QED) is 0.753. The number of hydrogen-bond acceptors (Lipinski definition) is 2. The molecule has 0 unspecified atom stereocenters. The van der Waals surface area contributed by atoms with Crippen LogP contribution in [0, 0.1) is 0 Å². The monoisotopic (exact) mass is 281 g/mol. The van der Waals surface area contributed by atoms with Crippen LogP contribution in [0.1, 0.15) is 5.56 Å².